The third-order valence-electron chi connectivity index (χ3n) is 3.60. The predicted molar refractivity (Wildman–Crippen MR) is 87.8 cm³/mol. The summed E-state index contributed by atoms with van der Waals surface area (Å²) in [6.45, 7) is 4.88. The van der Waals surface area contributed by atoms with Crippen molar-refractivity contribution in [2.24, 2.45) is 5.73 Å². The van der Waals surface area contributed by atoms with E-state index in [2.05, 4.69) is 13.8 Å². The third kappa shape index (κ3) is 3.80. The molecule has 0 bridgehead atoms. The van der Waals surface area contributed by atoms with Crippen LogP contribution in [0.15, 0.2) is 24.3 Å². The van der Waals surface area contributed by atoms with Gasteiger partial charge in [0.15, 0.2) is 0 Å². The summed E-state index contributed by atoms with van der Waals surface area (Å²) in [6.07, 6.45) is 3.32. The number of aryl methyl sites for hydroxylation is 2. The molecule has 0 unspecified atom stereocenters. The Kier molecular flexibility index (Phi) is 5.71. The molecule has 2 aromatic rings. The zero-order valence-corrected chi connectivity index (χ0v) is 13.5. The minimum Gasteiger partial charge on any atom is -0.330 e. The first-order valence-electron chi connectivity index (χ1n) is 7.50. The van der Waals surface area contributed by atoms with Crippen molar-refractivity contribution in [1.29, 1.82) is 0 Å². The highest BCUT2D eigenvalue weighted by atomic mass is 35.5. The molecule has 1 aromatic heterocycles. The SMILES string of the molecule is CCc1nc(Cc2ccccc2Cl)nc(CC)c1CCN. The Morgan fingerprint density at radius 3 is 2.19 bits per heavy atom. The van der Waals surface area contributed by atoms with E-state index in [1.807, 2.05) is 24.3 Å². The molecule has 21 heavy (non-hydrogen) atoms. The molecule has 0 aliphatic carbocycles. The van der Waals surface area contributed by atoms with Crippen molar-refractivity contribution in [3.8, 4) is 0 Å². The number of aromatic nitrogens is 2. The standard InChI is InChI=1S/C17H22ClN3/c1-3-15-13(9-10-19)16(4-2)21-17(20-15)11-12-7-5-6-8-14(12)18/h5-8H,3-4,9-11,19H2,1-2H3. The Morgan fingerprint density at radius 1 is 1.05 bits per heavy atom. The fourth-order valence-corrected chi connectivity index (χ4v) is 2.75. The molecule has 1 aromatic carbocycles. The van der Waals surface area contributed by atoms with Gasteiger partial charge in [0.2, 0.25) is 0 Å². The van der Waals surface area contributed by atoms with Crippen LogP contribution in [0.2, 0.25) is 5.02 Å². The molecule has 3 nitrogen and oxygen atoms in total. The van der Waals surface area contributed by atoms with Crippen LogP contribution in [-0.4, -0.2) is 16.5 Å². The van der Waals surface area contributed by atoms with Crippen LogP contribution in [0.25, 0.3) is 0 Å². The van der Waals surface area contributed by atoms with Crippen LogP contribution < -0.4 is 5.73 Å². The van der Waals surface area contributed by atoms with Crippen LogP contribution >= 0.6 is 11.6 Å². The first-order chi connectivity index (χ1) is 10.2. The van der Waals surface area contributed by atoms with Crippen molar-refractivity contribution in [2.45, 2.75) is 39.5 Å². The van der Waals surface area contributed by atoms with E-state index in [1.165, 1.54) is 5.56 Å². The molecular formula is C17H22ClN3. The maximum atomic E-state index is 6.23. The van der Waals surface area contributed by atoms with Crippen LogP contribution in [0.3, 0.4) is 0 Å². The molecule has 0 fully saturated rings. The molecule has 0 atom stereocenters. The van der Waals surface area contributed by atoms with Gasteiger partial charge in [-0.2, -0.15) is 0 Å². The lowest BCUT2D eigenvalue weighted by Gasteiger charge is -2.13. The van der Waals surface area contributed by atoms with Gasteiger partial charge in [-0.25, -0.2) is 9.97 Å². The summed E-state index contributed by atoms with van der Waals surface area (Å²) in [5, 5.41) is 0.767. The molecule has 2 rings (SSSR count). The summed E-state index contributed by atoms with van der Waals surface area (Å²) < 4.78 is 0. The van der Waals surface area contributed by atoms with Gasteiger partial charge in [-0.15, -0.1) is 0 Å². The fourth-order valence-electron chi connectivity index (χ4n) is 2.55. The van der Waals surface area contributed by atoms with Crippen molar-refractivity contribution < 1.29 is 0 Å². The highest BCUT2D eigenvalue weighted by Gasteiger charge is 2.12. The monoisotopic (exact) mass is 303 g/mol. The summed E-state index contributed by atoms with van der Waals surface area (Å²) in [4.78, 5) is 9.46. The van der Waals surface area contributed by atoms with E-state index >= 15 is 0 Å². The minimum atomic E-state index is 0.632. The molecule has 0 aliphatic rings. The fraction of sp³-hybridized carbons (Fsp3) is 0.412. The summed E-state index contributed by atoms with van der Waals surface area (Å²) >= 11 is 6.23. The van der Waals surface area contributed by atoms with Crippen molar-refractivity contribution in [3.63, 3.8) is 0 Å². The quantitative estimate of drug-likeness (QED) is 0.890. The van der Waals surface area contributed by atoms with Gasteiger partial charge in [-0.3, -0.25) is 0 Å². The molecule has 1 heterocycles. The normalized spacial score (nSPS) is 10.9. The lowest BCUT2D eigenvalue weighted by molar-refractivity contribution is 0.802. The lowest BCUT2D eigenvalue weighted by Crippen LogP contribution is -2.13. The second-order valence-electron chi connectivity index (χ2n) is 5.03. The second kappa shape index (κ2) is 7.53. The topological polar surface area (TPSA) is 51.8 Å². The van der Waals surface area contributed by atoms with Crippen LogP contribution in [0.5, 0.6) is 0 Å². The first-order valence-corrected chi connectivity index (χ1v) is 7.88. The summed E-state index contributed by atoms with van der Waals surface area (Å²) in [6, 6.07) is 7.86. The van der Waals surface area contributed by atoms with Gasteiger partial charge in [0, 0.05) is 22.8 Å². The second-order valence-corrected chi connectivity index (χ2v) is 5.43. The number of nitrogens with zero attached hydrogens (tertiary/aromatic N) is 2. The van der Waals surface area contributed by atoms with Gasteiger partial charge >= 0.3 is 0 Å². The molecule has 2 N–H and O–H groups in total. The maximum Gasteiger partial charge on any atom is 0.133 e. The van der Waals surface area contributed by atoms with Gasteiger partial charge in [0.05, 0.1) is 0 Å². The van der Waals surface area contributed by atoms with Crippen molar-refractivity contribution in [2.75, 3.05) is 6.54 Å². The molecule has 0 amide bonds. The Labute approximate surface area is 131 Å². The number of halogens is 1. The van der Waals surface area contributed by atoms with E-state index in [0.29, 0.717) is 13.0 Å². The Bertz CT molecular complexity index is 586. The van der Waals surface area contributed by atoms with E-state index in [-0.39, 0.29) is 0 Å². The molecule has 112 valence electrons. The Morgan fingerprint density at radius 2 is 1.67 bits per heavy atom. The Balaban J connectivity index is 2.39. The predicted octanol–water partition coefficient (Wildman–Crippen LogP) is 3.35. The molecule has 4 heteroatoms. The minimum absolute atomic E-state index is 0.632. The van der Waals surface area contributed by atoms with E-state index in [0.717, 1.165) is 47.1 Å². The van der Waals surface area contributed by atoms with Crippen LogP contribution in [0, 0.1) is 0 Å². The Hall–Kier alpha value is -1.45. The molecule has 0 spiro atoms. The van der Waals surface area contributed by atoms with E-state index in [1.54, 1.807) is 0 Å². The number of hydrogen-bond acceptors (Lipinski definition) is 3. The van der Waals surface area contributed by atoms with Crippen molar-refractivity contribution in [1.82, 2.24) is 9.97 Å². The number of nitrogens with two attached hydrogens (primary N) is 1. The van der Waals surface area contributed by atoms with Gasteiger partial charge in [-0.05, 0) is 43.0 Å². The number of benzene rings is 1. The van der Waals surface area contributed by atoms with E-state index < -0.39 is 0 Å². The van der Waals surface area contributed by atoms with Crippen LogP contribution in [-0.2, 0) is 25.7 Å². The van der Waals surface area contributed by atoms with Crippen molar-refractivity contribution >= 4 is 11.6 Å². The summed E-state index contributed by atoms with van der Waals surface area (Å²) in [5.74, 6) is 0.845. The maximum absolute atomic E-state index is 6.23. The van der Waals surface area contributed by atoms with Crippen molar-refractivity contribution in [3.05, 3.63) is 57.6 Å². The number of hydrogen-bond donors (Lipinski definition) is 1. The average molecular weight is 304 g/mol. The molecular weight excluding hydrogens is 282 g/mol. The highest BCUT2D eigenvalue weighted by Crippen LogP contribution is 2.20. The lowest BCUT2D eigenvalue weighted by atomic mass is 10.0. The van der Waals surface area contributed by atoms with Crippen LogP contribution in [0.1, 0.15) is 42.2 Å². The molecule has 0 radical (unpaired) electrons. The summed E-state index contributed by atoms with van der Waals surface area (Å²) in [7, 11) is 0. The van der Waals surface area contributed by atoms with Gasteiger partial charge < -0.3 is 5.73 Å². The zero-order valence-electron chi connectivity index (χ0n) is 12.7. The van der Waals surface area contributed by atoms with E-state index in [4.69, 9.17) is 27.3 Å². The number of rotatable bonds is 6. The zero-order chi connectivity index (χ0) is 15.2. The third-order valence-corrected chi connectivity index (χ3v) is 3.96. The average Bonchev–Trinajstić information content (AvgIpc) is 2.50. The largest absolute Gasteiger partial charge is 0.330 e. The molecule has 0 aliphatic heterocycles. The summed E-state index contributed by atoms with van der Waals surface area (Å²) in [5.41, 5.74) is 10.2. The highest BCUT2D eigenvalue weighted by molar-refractivity contribution is 6.31. The van der Waals surface area contributed by atoms with Gasteiger partial charge in [0.1, 0.15) is 5.82 Å². The van der Waals surface area contributed by atoms with Crippen LogP contribution in [0.4, 0.5) is 0 Å². The molecule has 0 saturated carbocycles. The van der Waals surface area contributed by atoms with Gasteiger partial charge in [-0.1, -0.05) is 43.6 Å². The smallest absolute Gasteiger partial charge is 0.133 e. The first kappa shape index (κ1) is 15.9. The van der Waals surface area contributed by atoms with E-state index in [9.17, 15) is 0 Å². The van der Waals surface area contributed by atoms with Gasteiger partial charge in [0.25, 0.3) is 0 Å². The molecule has 0 saturated heterocycles.